The highest BCUT2D eigenvalue weighted by atomic mass is 16.1. The Labute approximate surface area is 117 Å². The lowest BCUT2D eigenvalue weighted by Crippen LogP contribution is -2.26. The van der Waals surface area contributed by atoms with Crippen molar-refractivity contribution in [2.75, 3.05) is 0 Å². The van der Waals surface area contributed by atoms with Gasteiger partial charge in [-0.1, -0.05) is 36.4 Å². The molecule has 1 atom stereocenters. The third-order valence-corrected chi connectivity index (χ3v) is 3.24. The number of hydrogen-bond acceptors (Lipinski definition) is 2. The van der Waals surface area contributed by atoms with Gasteiger partial charge in [0.05, 0.1) is 6.04 Å². The van der Waals surface area contributed by atoms with E-state index in [1.165, 1.54) is 0 Å². The van der Waals surface area contributed by atoms with E-state index in [-0.39, 0.29) is 11.9 Å². The first-order valence-electron chi connectivity index (χ1n) is 6.53. The van der Waals surface area contributed by atoms with Gasteiger partial charge < -0.3 is 9.72 Å². The minimum absolute atomic E-state index is 0.0477. The van der Waals surface area contributed by atoms with E-state index in [0.717, 1.165) is 11.2 Å². The second-order valence-corrected chi connectivity index (χ2v) is 4.70. The molecule has 4 nitrogen and oxygen atoms in total. The number of imidazole rings is 1. The van der Waals surface area contributed by atoms with Crippen LogP contribution >= 0.6 is 0 Å². The van der Waals surface area contributed by atoms with Crippen molar-refractivity contribution in [2.24, 2.45) is 0 Å². The third-order valence-electron chi connectivity index (χ3n) is 3.24. The number of amides is 1. The molecule has 0 spiro atoms. The van der Waals surface area contributed by atoms with Crippen LogP contribution in [-0.4, -0.2) is 15.3 Å². The predicted octanol–water partition coefficient (Wildman–Crippen LogP) is 2.83. The van der Waals surface area contributed by atoms with Crippen LogP contribution in [0.2, 0.25) is 0 Å². The number of fused-ring (bicyclic) bond motifs is 1. The first-order valence-corrected chi connectivity index (χ1v) is 6.53. The molecule has 2 aromatic heterocycles. The Kier molecular flexibility index (Phi) is 3.21. The van der Waals surface area contributed by atoms with Gasteiger partial charge in [0, 0.05) is 12.4 Å². The summed E-state index contributed by atoms with van der Waals surface area (Å²) in [4.78, 5) is 16.5. The summed E-state index contributed by atoms with van der Waals surface area (Å²) in [6.07, 6.45) is 3.61. The van der Waals surface area contributed by atoms with Crippen LogP contribution in [0.4, 0.5) is 0 Å². The van der Waals surface area contributed by atoms with Gasteiger partial charge in [-0.2, -0.15) is 0 Å². The molecule has 3 aromatic rings. The second-order valence-electron chi connectivity index (χ2n) is 4.70. The van der Waals surface area contributed by atoms with Crippen LogP contribution in [0.25, 0.3) is 5.65 Å². The number of carbonyl (C=O) groups is 1. The van der Waals surface area contributed by atoms with Crippen molar-refractivity contribution in [3.05, 3.63) is 72.2 Å². The Morgan fingerprint density at radius 3 is 2.65 bits per heavy atom. The lowest BCUT2D eigenvalue weighted by Gasteiger charge is -2.12. The topological polar surface area (TPSA) is 46.4 Å². The summed E-state index contributed by atoms with van der Waals surface area (Å²) >= 11 is 0. The summed E-state index contributed by atoms with van der Waals surface area (Å²) in [6, 6.07) is 15.5. The van der Waals surface area contributed by atoms with E-state index in [1.54, 1.807) is 6.20 Å². The number of hydrogen-bond donors (Lipinski definition) is 1. The van der Waals surface area contributed by atoms with E-state index < -0.39 is 0 Å². The lowest BCUT2D eigenvalue weighted by atomic mass is 10.1. The van der Waals surface area contributed by atoms with E-state index in [4.69, 9.17) is 0 Å². The van der Waals surface area contributed by atoms with Crippen LogP contribution in [-0.2, 0) is 0 Å². The molecule has 1 aromatic carbocycles. The van der Waals surface area contributed by atoms with Crippen LogP contribution in [0.1, 0.15) is 29.0 Å². The van der Waals surface area contributed by atoms with Crippen molar-refractivity contribution >= 4 is 11.6 Å². The first kappa shape index (κ1) is 12.4. The summed E-state index contributed by atoms with van der Waals surface area (Å²) in [7, 11) is 0. The second kappa shape index (κ2) is 5.17. The number of nitrogens with one attached hydrogen (secondary N) is 1. The quantitative estimate of drug-likeness (QED) is 0.791. The van der Waals surface area contributed by atoms with Crippen molar-refractivity contribution < 1.29 is 4.79 Å². The molecule has 0 radical (unpaired) electrons. The smallest absolute Gasteiger partial charge is 0.271 e. The van der Waals surface area contributed by atoms with Gasteiger partial charge >= 0.3 is 0 Å². The lowest BCUT2D eigenvalue weighted by molar-refractivity contribution is 0.0935. The van der Waals surface area contributed by atoms with Crippen LogP contribution < -0.4 is 5.32 Å². The number of pyridine rings is 1. The van der Waals surface area contributed by atoms with Crippen LogP contribution in [0.3, 0.4) is 0 Å². The van der Waals surface area contributed by atoms with Crippen molar-refractivity contribution in [1.82, 2.24) is 14.7 Å². The Hall–Kier alpha value is -2.62. The molecule has 20 heavy (non-hydrogen) atoms. The van der Waals surface area contributed by atoms with Crippen molar-refractivity contribution in [2.45, 2.75) is 13.0 Å². The molecule has 0 saturated heterocycles. The van der Waals surface area contributed by atoms with E-state index in [0.29, 0.717) is 5.69 Å². The third kappa shape index (κ3) is 2.40. The van der Waals surface area contributed by atoms with Gasteiger partial charge in [0.15, 0.2) is 0 Å². The summed E-state index contributed by atoms with van der Waals surface area (Å²) < 4.78 is 1.84. The standard InChI is InChI=1S/C16H15N3O/c1-12(13-7-3-2-4-8-13)17-16(20)14-11-19-10-6-5-9-15(19)18-14/h2-12H,1H3,(H,17,20)/t12-/m1/s1. The average Bonchev–Trinajstić information content (AvgIpc) is 2.92. The summed E-state index contributed by atoms with van der Waals surface area (Å²) in [5, 5.41) is 2.96. The summed E-state index contributed by atoms with van der Waals surface area (Å²) in [6.45, 7) is 1.96. The van der Waals surface area contributed by atoms with Gasteiger partial charge in [0.2, 0.25) is 0 Å². The van der Waals surface area contributed by atoms with Gasteiger partial charge in [0.25, 0.3) is 5.91 Å². The number of rotatable bonds is 3. The fourth-order valence-electron chi connectivity index (χ4n) is 2.14. The molecule has 0 fully saturated rings. The average molecular weight is 265 g/mol. The normalized spacial score (nSPS) is 12.2. The zero-order valence-corrected chi connectivity index (χ0v) is 11.2. The highest BCUT2D eigenvalue weighted by Crippen LogP contribution is 2.12. The number of aromatic nitrogens is 2. The molecule has 2 heterocycles. The minimum Gasteiger partial charge on any atom is -0.344 e. The van der Waals surface area contributed by atoms with Gasteiger partial charge in [-0.15, -0.1) is 0 Å². The molecule has 0 aliphatic heterocycles. The Morgan fingerprint density at radius 1 is 1.15 bits per heavy atom. The van der Waals surface area contributed by atoms with Gasteiger partial charge in [-0.25, -0.2) is 4.98 Å². The van der Waals surface area contributed by atoms with Crippen molar-refractivity contribution in [3.8, 4) is 0 Å². The molecule has 0 bridgehead atoms. The molecule has 1 N–H and O–H groups in total. The fraction of sp³-hybridized carbons (Fsp3) is 0.125. The van der Waals surface area contributed by atoms with E-state index >= 15 is 0 Å². The fourth-order valence-corrected chi connectivity index (χ4v) is 2.14. The van der Waals surface area contributed by atoms with Crippen LogP contribution in [0.5, 0.6) is 0 Å². The molecule has 0 saturated carbocycles. The molecular weight excluding hydrogens is 250 g/mol. The molecule has 4 heteroatoms. The Balaban J connectivity index is 1.79. The molecule has 0 unspecified atom stereocenters. The minimum atomic E-state index is -0.162. The largest absolute Gasteiger partial charge is 0.344 e. The van der Waals surface area contributed by atoms with E-state index in [2.05, 4.69) is 10.3 Å². The van der Waals surface area contributed by atoms with Crippen molar-refractivity contribution in [3.63, 3.8) is 0 Å². The van der Waals surface area contributed by atoms with Crippen LogP contribution in [0, 0.1) is 0 Å². The van der Waals surface area contributed by atoms with Crippen LogP contribution in [0.15, 0.2) is 60.9 Å². The van der Waals surface area contributed by atoms with Gasteiger partial charge in [-0.3, -0.25) is 4.79 Å². The van der Waals surface area contributed by atoms with E-state index in [1.807, 2.05) is 66.1 Å². The van der Waals surface area contributed by atoms with Gasteiger partial charge in [0.1, 0.15) is 11.3 Å². The Morgan fingerprint density at radius 2 is 1.90 bits per heavy atom. The monoisotopic (exact) mass is 265 g/mol. The molecule has 3 rings (SSSR count). The maximum absolute atomic E-state index is 12.2. The summed E-state index contributed by atoms with van der Waals surface area (Å²) in [5.74, 6) is -0.162. The van der Waals surface area contributed by atoms with E-state index in [9.17, 15) is 4.79 Å². The predicted molar refractivity (Wildman–Crippen MR) is 77.5 cm³/mol. The maximum atomic E-state index is 12.2. The summed E-state index contributed by atoms with van der Waals surface area (Å²) in [5.41, 5.74) is 2.27. The zero-order chi connectivity index (χ0) is 13.9. The van der Waals surface area contributed by atoms with Crippen molar-refractivity contribution in [1.29, 1.82) is 0 Å². The number of nitrogens with zero attached hydrogens (tertiary/aromatic N) is 2. The Bertz CT molecular complexity index is 701. The molecule has 1 amide bonds. The molecule has 100 valence electrons. The molecular formula is C16H15N3O. The maximum Gasteiger partial charge on any atom is 0.271 e. The first-order chi connectivity index (χ1) is 9.74. The molecule has 0 aliphatic rings. The molecule has 0 aliphatic carbocycles. The van der Waals surface area contributed by atoms with Gasteiger partial charge in [-0.05, 0) is 24.6 Å². The zero-order valence-electron chi connectivity index (χ0n) is 11.2. The number of carbonyl (C=O) groups excluding carboxylic acids is 1. The SMILES string of the molecule is C[C@@H](NC(=O)c1cn2ccccc2n1)c1ccccc1. The highest BCUT2D eigenvalue weighted by Gasteiger charge is 2.14. The number of benzene rings is 1. The highest BCUT2D eigenvalue weighted by molar-refractivity contribution is 5.93.